The van der Waals surface area contributed by atoms with Gasteiger partial charge in [0.25, 0.3) is 0 Å². The van der Waals surface area contributed by atoms with E-state index in [1.165, 1.54) is 18.4 Å². The molecule has 0 aliphatic carbocycles. The molecule has 0 saturated heterocycles. The van der Waals surface area contributed by atoms with Gasteiger partial charge in [0.2, 0.25) is 0 Å². The SMILES string of the molecule is COC(=O)c1cn2cc(-c3cccc(Cl)c3)nc2s1. The number of ether oxygens (including phenoxy) is 1. The van der Waals surface area contributed by atoms with E-state index in [2.05, 4.69) is 9.72 Å². The first-order chi connectivity index (χ1) is 9.17. The lowest BCUT2D eigenvalue weighted by atomic mass is 10.2. The van der Waals surface area contributed by atoms with Gasteiger partial charge in [0.1, 0.15) is 4.88 Å². The summed E-state index contributed by atoms with van der Waals surface area (Å²) in [4.78, 5) is 17.2. The number of carbonyl (C=O) groups is 1. The summed E-state index contributed by atoms with van der Waals surface area (Å²) in [6.45, 7) is 0. The Morgan fingerprint density at radius 2 is 2.26 bits per heavy atom. The average Bonchev–Trinajstić information content (AvgIpc) is 2.95. The molecule has 19 heavy (non-hydrogen) atoms. The van der Waals surface area contributed by atoms with Crippen LogP contribution in [0.15, 0.2) is 36.7 Å². The summed E-state index contributed by atoms with van der Waals surface area (Å²) >= 11 is 7.25. The molecule has 0 aliphatic heterocycles. The number of nitrogens with zero attached hydrogens (tertiary/aromatic N) is 2. The number of imidazole rings is 1. The number of rotatable bonds is 2. The zero-order chi connectivity index (χ0) is 13.4. The number of carbonyl (C=O) groups excluding carboxylic acids is 1. The summed E-state index contributed by atoms with van der Waals surface area (Å²) in [5.74, 6) is -0.347. The summed E-state index contributed by atoms with van der Waals surface area (Å²) in [7, 11) is 1.36. The Labute approximate surface area is 118 Å². The molecule has 0 radical (unpaired) electrons. The Hall–Kier alpha value is -1.85. The molecule has 0 aliphatic rings. The van der Waals surface area contributed by atoms with Crippen molar-refractivity contribution < 1.29 is 9.53 Å². The van der Waals surface area contributed by atoms with Crippen molar-refractivity contribution in [2.24, 2.45) is 0 Å². The fourth-order valence-electron chi connectivity index (χ4n) is 1.78. The predicted molar refractivity (Wildman–Crippen MR) is 74.9 cm³/mol. The summed E-state index contributed by atoms with van der Waals surface area (Å²) in [6.07, 6.45) is 3.58. The molecular weight excluding hydrogens is 284 g/mol. The van der Waals surface area contributed by atoms with Gasteiger partial charge in [0.15, 0.2) is 4.96 Å². The third-order valence-electron chi connectivity index (χ3n) is 2.66. The number of thiazole rings is 1. The third-order valence-corrected chi connectivity index (χ3v) is 3.87. The standard InChI is InChI=1S/C13H9ClN2O2S/c1-18-12(17)11-7-16-6-10(15-13(16)19-11)8-3-2-4-9(14)5-8/h2-7H,1H3. The highest BCUT2D eigenvalue weighted by atomic mass is 35.5. The van der Waals surface area contributed by atoms with E-state index < -0.39 is 0 Å². The number of benzene rings is 1. The van der Waals surface area contributed by atoms with E-state index in [1.54, 1.807) is 6.20 Å². The molecular formula is C13H9ClN2O2S. The summed E-state index contributed by atoms with van der Waals surface area (Å²) in [6, 6.07) is 7.50. The molecule has 0 bridgehead atoms. The van der Waals surface area contributed by atoms with Crippen LogP contribution in [0, 0.1) is 0 Å². The number of esters is 1. The van der Waals surface area contributed by atoms with Gasteiger partial charge in [0, 0.05) is 23.0 Å². The van der Waals surface area contributed by atoms with Crippen LogP contribution in [-0.4, -0.2) is 22.5 Å². The van der Waals surface area contributed by atoms with Gasteiger partial charge in [-0.3, -0.25) is 4.40 Å². The van der Waals surface area contributed by atoms with Gasteiger partial charge in [-0.15, -0.1) is 0 Å². The van der Waals surface area contributed by atoms with Crippen LogP contribution in [0.25, 0.3) is 16.2 Å². The number of halogens is 1. The van der Waals surface area contributed by atoms with Crippen molar-refractivity contribution in [1.29, 1.82) is 0 Å². The maximum absolute atomic E-state index is 11.4. The van der Waals surface area contributed by atoms with Crippen molar-refractivity contribution in [1.82, 2.24) is 9.38 Å². The minimum absolute atomic E-state index is 0.347. The second-order valence-electron chi connectivity index (χ2n) is 3.91. The van der Waals surface area contributed by atoms with E-state index in [0.717, 1.165) is 16.2 Å². The highest BCUT2D eigenvalue weighted by Gasteiger charge is 2.13. The van der Waals surface area contributed by atoms with Gasteiger partial charge < -0.3 is 4.74 Å². The molecule has 0 spiro atoms. The fraction of sp³-hybridized carbons (Fsp3) is 0.0769. The Morgan fingerprint density at radius 3 is 2.95 bits per heavy atom. The van der Waals surface area contributed by atoms with Gasteiger partial charge in [-0.1, -0.05) is 35.1 Å². The monoisotopic (exact) mass is 292 g/mol. The van der Waals surface area contributed by atoms with Crippen molar-refractivity contribution >= 4 is 33.9 Å². The van der Waals surface area contributed by atoms with Crippen LogP contribution in [-0.2, 0) is 4.74 Å². The Kier molecular flexibility index (Phi) is 3.00. The zero-order valence-corrected chi connectivity index (χ0v) is 11.5. The first kappa shape index (κ1) is 12.2. The molecule has 2 heterocycles. The number of methoxy groups -OCH3 is 1. The normalized spacial score (nSPS) is 10.8. The molecule has 4 nitrogen and oxygen atoms in total. The van der Waals surface area contributed by atoms with Crippen molar-refractivity contribution in [2.75, 3.05) is 7.11 Å². The topological polar surface area (TPSA) is 43.6 Å². The summed E-state index contributed by atoms with van der Waals surface area (Å²) < 4.78 is 6.49. The van der Waals surface area contributed by atoms with E-state index in [4.69, 9.17) is 11.6 Å². The number of fused-ring (bicyclic) bond motifs is 1. The van der Waals surface area contributed by atoms with E-state index in [0.29, 0.717) is 9.90 Å². The molecule has 0 unspecified atom stereocenters. The van der Waals surface area contributed by atoms with Crippen molar-refractivity contribution in [2.45, 2.75) is 0 Å². The third kappa shape index (κ3) is 2.22. The molecule has 3 rings (SSSR count). The van der Waals surface area contributed by atoms with E-state index >= 15 is 0 Å². The average molecular weight is 293 g/mol. The first-order valence-electron chi connectivity index (χ1n) is 5.50. The predicted octanol–water partition coefficient (Wildman–Crippen LogP) is 3.50. The number of hydrogen-bond acceptors (Lipinski definition) is 4. The zero-order valence-electron chi connectivity index (χ0n) is 9.96. The van der Waals surface area contributed by atoms with Crippen LogP contribution in [0.3, 0.4) is 0 Å². The second-order valence-corrected chi connectivity index (χ2v) is 5.36. The molecule has 0 N–H and O–H groups in total. The lowest BCUT2D eigenvalue weighted by molar-refractivity contribution is 0.0606. The summed E-state index contributed by atoms with van der Waals surface area (Å²) in [5.41, 5.74) is 1.77. The van der Waals surface area contributed by atoms with Crippen LogP contribution in [0.1, 0.15) is 9.67 Å². The molecule has 96 valence electrons. The minimum Gasteiger partial charge on any atom is -0.465 e. The maximum Gasteiger partial charge on any atom is 0.349 e. The van der Waals surface area contributed by atoms with Crippen molar-refractivity contribution in [3.8, 4) is 11.3 Å². The first-order valence-corrected chi connectivity index (χ1v) is 6.69. The van der Waals surface area contributed by atoms with Crippen molar-refractivity contribution in [3.05, 3.63) is 46.6 Å². The highest BCUT2D eigenvalue weighted by molar-refractivity contribution is 7.18. The quantitative estimate of drug-likeness (QED) is 0.679. The Morgan fingerprint density at radius 1 is 1.42 bits per heavy atom. The van der Waals surface area contributed by atoms with Gasteiger partial charge in [0.05, 0.1) is 12.8 Å². The van der Waals surface area contributed by atoms with Crippen molar-refractivity contribution in [3.63, 3.8) is 0 Å². The van der Waals surface area contributed by atoms with Gasteiger partial charge >= 0.3 is 5.97 Å². The molecule has 0 amide bonds. The van der Waals surface area contributed by atoms with Crippen LogP contribution in [0.4, 0.5) is 0 Å². The Balaban J connectivity index is 2.04. The fourth-order valence-corrected chi connectivity index (χ4v) is 2.85. The Bertz CT molecular complexity index is 731. The van der Waals surface area contributed by atoms with Crippen LogP contribution >= 0.6 is 22.9 Å². The molecule has 3 aromatic rings. The van der Waals surface area contributed by atoms with Crippen LogP contribution in [0.2, 0.25) is 5.02 Å². The van der Waals surface area contributed by atoms with Gasteiger partial charge in [-0.2, -0.15) is 0 Å². The van der Waals surface area contributed by atoms with Crippen LogP contribution in [0.5, 0.6) is 0 Å². The molecule has 0 fully saturated rings. The number of hydrogen-bond donors (Lipinski definition) is 0. The summed E-state index contributed by atoms with van der Waals surface area (Å²) in [5, 5.41) is 0.670. The lowest BCUT2D eigenvalue weighted by Gasteiger charge is -1.96. The van der Waals surface area contributed by atoms with E-state index in [1.807, 2.05) is 34.9 Å². The van der Waals surface area contributed by atoms with E-state index in [9.17, 15) is 4.79 Å². The molecule has 0 saturated carbocycles. The molecule has 1 aromatic carbocycles. The van der Waals surface area contributed by atoms with Crippen LogP contribution < -0.4 is 0 Å². The minimum atomic E-state index is -0.347. The second kappa shape index (κ2) is 4.68. The van der Waals surface area contributed by atoms with Gasteiger partial charge in [-0.05, 0) is 12.1 Å². The highest BCUT2D eigenvalue weighted by Crippen LogP contribution is 2.25. The largest absolute Gasteiger partial charge is 0.465 e. The maximum atomic E-state index is 11.4. The lowest BCUT2D eigenvalue weighted by Crippen LogP contribution is -1.97. The smallest absolute Gasteiger partial charge is 0.349 e. The number of aromatic nitrogens is 2. The molecule has 6 heteroatoms. The molecule has 0 atom stereocenters. The van der Waals surface area contributed by atoms with E-state index in [-0.39, 0.29) is 5.97 Å². The van der Waals surface area contributed by atoms with Gasteiger partial charge in [-0.25, -0.2) is 9.78 Å². The molecule has 2 aromatic heterocycles.